The number of aliphatic hydroxyl groups is 1. The molecule has 3 atom stereocenters. The molecule has 11 nitrogen and oxygen atoms in total. The van der Waals surface area contributed by atoms with Gasteiger partial charge < -0.3 is 29.6 Å². The second-order valence-corrected chi connectivity index (χ2v) is 16.1. The van der Waals surface area contributed by atoms with E-state index in [0.29, 0.717) is 32.1 Å². The largest absolute Gasteiger partial charge is 0.472 e. The van der Waals surface area contributed by atoms with Crippen LogP contribution in [0.1, 0.15) is 158 Å². The van der Waals surface area contributed by atoms with Crippen LogP contribution in [0.3, 0.4) is 0 Å². The summed E-state index contributed by atoms with van der Waals surface area (Å²) < 4.78 is 38.9. The van der Waals surface area contributed by atoms with Crippen molar-refractivity contribution >= 4 is 19.8 Å². The maximum atomic E-state index is 12.6. The molecule has 12 heteroatoms. The minimum Gasteiger partial charge on any atom is -0.466 e. The summed E-state index contributed by atoms with van der Waals surface area (Å²) in [7, 11) is -4.42. The summed E-state index contributed by atoms with van der Waals surface area (Å²) in [5.41, 5.74) is 7.93. The fourth-order valence-corrected chi connectivity index (χ4v) is 6.71. The fraction of sp³-hybridized carbons (Fsp3) is 0.689. The van der Waals surface area contributed by atoms with Gasteiger partial charge >= 0.3 is 19.8 Å². The number of aliphatic hydroxyl groups excluding tert-OH is 1. The molecule has 0 spiro atoms. The van der Waals surface area contributed by atoms with Gasteiger partial charge in [0.05, 0.1) is 19.3 Å². The monoisotopic (exact) mass is 822 g/mol. The van der Waals surface area contributed by atoms with Crippen LogP contribution in [0.25, 0.3) is 0 Å². The van der Waals surface area contributed by atoms with Crippen LogP contribution in [-0.4, -0.2) is 60.5 Å². The number of carbonyl (C=O) groups is 2. The lowest BCUT2D eigenvalue weighted by Gasteiger charge is -2.19. The highest BCUT2D eigenvalue weighted by Crippen LogP contribution is 2.43. The second kappa shape index (κ2) is 34.1. The number of hydrogen-bond donors (Lipinski definition) is 3. The maximum absolute atomic E-state index is 12.6. The first-order valence-corrected chi connectivity index (χ1v) is 23.1. The van der Waals surface area contributed by atoms with Gasteiger partial charge in [-0.15, -0.1) is 0 Å². The number of aryl methyl sites for hydroxylation is 2. The van der Waals surface area contributed by atoms with E-state index < -0.39 is 38.6 Å². The molecular weight excluding hydrogens is 745 g/mol. The van der Waals surface area contributed by atoms with Crippen molar-refractivity contribution in [3.05, 3.63) is 71.3 Å². The molecule has 4 N–H and O–H groups in total. The van der Waals surface area contributed by atoms with Crippen molar-refractivity contribution in [3.63, 3.8) is 0 Å². The summed E-state index contributed by atoms with van der Waals surface area (Å²) in [5.74, 6) is 1.29. The number of phosphoric ester groups is 1. The molecule has 1 aromatic rings. The first kappa shape index (κ1) is 52.2. The van der Waals surface area contributed by atoms with Gasteiger partial charge in [0.25, 0.3) is 0 Å². The van der Waals surface area contributed by atoms with Gasteiger partial charge in [-0.2, -0.15) is 0 Å². The van der Waals surface area contributed by atoms with Gasteiger partial charge in [-0.1, -0.05) is 114 Å². The topological polar surface area (TPSA) is 168 Å². The number of rotatable bonds is 36. The molecule has 0 saturated heterocycles. The normalized spacial score (nSPS) is 14.3. The highest BCUT2D eigenvalue weighted by Gasteiger charge is 2.26. The van der Waals surface area contributed by atoms with Crippen molar-refractivity contribution in [1.29, 1.82) is 0 Å². The number of allylic oxidation sites excluding steroid dienone is 6. The SMILES string of the molecule is CCCCC/C=C\C[C@H](O)/C=C/C=C\C/C=C\CCCC(=O)O[C@H](COC(=O)CCCCCCCCc1oc(CCCCC)c(C)c1C)COP(=O)(O)OCCN. The lowest BCUT2D eigenvalue weighted by Crippen LogP contribution is -2.29. The third-order valence-electron chi connectivity index (χ3n) is 9.50. The number of hydrogen-bond acceptors (Lipinski definition) is 10. The number of phosphoric acid groups is 1. The second-order valence-electron chi connectivity index (χ2n) is 14.6. The quantitative estimate of drug-likeness (QED) is 0.0194. The van der Waals surface area contributed by atoms with Crippen LogP contribution < -0.4 is 5.73 Å². The van der Waals surface area contributed by atoms with Crippen LogP contribution in [0.2, 0.25) is 0 Å². The third kappa shape index (κ3) is 28.3. The molecular formula is C45H76NO10P. The summed E-state index contributed by atoms with van der Waals surface area (Å²) in [6, 6.07) is 0. The number of furan rings is 1. The molecule has 0 radical (unpaired) electrons. The Hall–Kier alpha value is -2.79. The van der Waals surface area contributed by atoms with E-state index >= 15 is 0 Å². The van der Waals surface area contributed by atoms with Gasteiger partial charge in [0.1, 0.15) is 18.1 Å². The van der Waals surface area contributed by atoms with Gasteiger partial charge in [0.15, 0.2) is 6.10 Å². The molecule has 57 heavy (non-hydrogen) atoms. The standard InChI is InChI=1S/C45H76NO10P/c1-5-7-9-10-17-23-28-40(47)29-24-18-13-11-12-14-21-27-33-45(49)55-41(37-54-57(50,51)53-35-34-46)36-52-44(48)32-26-20-16-15-19-25-31-43-39(4)38(3)42(56-43)30-22-8-6-2/h12-14,17-18,23-24,29,40-41,47H,5-11,15-16,19-22,25-28,30-37,46H2,1-4H3,(H,50,51)/b14-12-,18-13-,23-17-,29-24+/t40-,41+/m0/s1. The van der Waals surface area contributed by atoms with Crippen LogP contribution in [-0.2, 0) is 45.5 Å². The predicted octanol–water partition coefficient (Wildman–Crippen LogP) is 10.6. The molecule has 1 unspecified atom stereocenters. The van der Waals surface area contributed by atoms with Crippen molar-refractivity contribution in [1.82, 2.24) is 0 Å². The smallest absolute Gasteiger partial charge is 0.466 e. The minimum absolute atomic E-state index is 0.0254. The zero-order valence-electron chi connectivity index (χ0n) is 35.6. The molecule has 0 aliphatic rings. The van der Waals surface area contributed by atoms with E-state index in [-0.39, 0.29) is 32.6 Å². The number of ether oxygens (including phenoxy) is 2. The van der Waals surface area contributed by atoms with Crippen molar-refractivity contribution in [2.24, 2.45) is 5.73 Å². The average molecular weight is 822 g/mol. The van der Waals surface area contributed by atoms with Gasteiger partial charge in [-0.25, -0.2) is 4.57 Å². The molecule has 0 bridgehead atoms. The van der Waals surface area contributed by atoms with Gasteiger partial charge in [-0.3, -0.25) is 18.6 Å². The minimum atomic E-state index is -4.42. The number of nitrogens with two attached hydrogens (primary N) is 1. The van der Waals surface area contributed by atoms with Crippen molar-refractivity contribution < 1.29 is 47.1 Å². The van der Waals surface area contributed by atoms with E-state index in [4.69, 9.17) is 28.7 Å². The summed E-state index contributed by atoms with van der Waals surface area (Å²) in [6.07, 6.45) is 33.0. The predicted molar refractivity (Wildman–Crippen MR) is 229 cm³/mol. The molecule has 1 rings (SSSR count). The van der Waals surface area contributed by atoms with Crippen LogP contribution in [0, 0.1) is 13.8 Å². The Labute approximate surface area is 344 Å². The van der Waals surface area contributed by atoms with E-state index in [2.05, 4.69) is 33.8 Å². The highest BCUT2D eigenvalue weighted by molar-refractivity contribution is 7.47. The molecule has 0 amide bonds. The summed E-state index contributed by atoms with van der Waals surface area (Å²) >= 11 is 0. The molecule has 0 fully saturated rings. The molecule has 326 valence electrons. The van der Waals surface area contributed by atoms with E-state index in [1.54, 1.807) is 6.08 Å². The van der Waals surface area contributed by atoms with Crippen LogP contribution in [0.15, 0.2) is 53.0 Å². The lowest BCUT2D eigenvalue weighted by molar-refractivity contribution is -0.161. The third-order valence-corrected chi connectivity index (χ3v) is 10.5. The van der Waals surface area contributed by atoms with Crippen LogP contribution in [0.4, 0.5) is 0 Å². The zero-order valence-corrected chi connectivity index (χ0v) is 36.5. The molecule has 0 saturated carbocycles. The molecule has 0 aliphatic heterocycles. The highest BCUT2D eigenvalue weighted by atomic mass is 31.2. The van der Waals surface area contributed by atoms with Crippen molar-refractivity contribution in [3.8, 4) is 0 Å². The Morgan fingerprint density at radius 3 is 2.05 bits per heavy atom. The van der Waals surface area contributed by atoms with Gasteiger partial charge in [0.2, 0.25) is 0 Å². The molecule has 0 aliphatic carbocycles. The molecule has 1 aromatic heterocycles. The lowest BCUT2D eigenvalue weighted by atomic mass is 10.0. The van der Waals surface area contributed by atoms with Crippen LogP contribution >= 0.6 is 7.82 Å². The average Bonchev–Trinajstić information content (AvgIpc) is 3.45. The Morgan fingerprint density at radius 2 is 1.35 bits per heavy atom. The van der Waals surface area contributed by atoms with Gasteiger partial charge in [0, 0.05) is 32.2 Å². The van der Waals surface area contributed by atoms with E-state index in [0.717, 1.165) is 62.9 Å². The number of carbonyl (C=O) groups excluding carboxylic acids is 2. The number of esters is 2. The summed E-state index contributed by atoms with van der Waals surface area (Å²) in [6.45, 7) is 7.77. The van der Waals surface area contributed by atoms with Crippen LogP contribution in [0.5, 0.6) is 0 Å². The van der Waals surface area contributed by atoms with Crippen molar-refractivity contribution in [2.75, 3.05) is 26.4 Å². The molecule has 0 aromatic carbocycles. The first-order chi connectivity index (χ1) is 27.5. The zero-order chi connectivity index (χ0) is 42.0. The van der Waals surface area contributed by atoms with E-state index in [9.17, 15) is 24.2 Å². The fourth-order valence-electron chi connectivity index (χ4n) is 5.95. The summed E-state index contributed by atoms with van der Waals surface area (Å²) in [5, 5.41) is 10.0. The Bertz CT molecular complexity index is 1370. The van der Waals surface area contributed by atoms with E-state index in [1.807, 2.05) is 36.5 Å². The van der Waals surface area contributed by atoms with Crippen molar-refractivity contribution in [2.45, 2.75) is 175 Å². The summed E-state index contributed by atoms with van der Waals surface area (Å²) in [4.78, 5) is 35.0. The Morgan fingerprint density at radius 1 is 0.737 bits per heavy atom. The Kier molecular flexibility index (Phi) is 31.3. The maximum Gasteiger partial charge on any atom is 0.472 e. The molecule has 1 heterocycles. The Balaban J connectivity index is 2.36. The number of unbranched alkanes of at least 4 members (excludes halogenated alkanes) is 11. The first-order valence-electron chi connectivity index (χ1n) is 21.6. The van der Waals surface area contributed by atoms with Gasteiger partial charge in [-0.05, 0) is 82.8 Å². The van der Waals surface area contributed by atoms with E-state index in [1.165, 1.54) is 49.7 Å².